The molecular formula is C35H35NO6. The van der Waals surface area contributed by atoms with E-state index in [-0.39, 0.29) is 17.3 Å². The van der Waals surface area contributed by atoms with Gasteiger partial charge in [0.2, 0.25) is 0 Å². The second-order valence-corrected chi connectivity index (χ2v) is 11.7. The molecule has 1 atom stereocenters. The molecule has 7 heteroatoms. The molecule has 3 aromatic carbocycles. The Morgan fingerprint density at radius 1 is 0.976 bits per heavy atom. The van der Waals surface area contributed by atoms with Crippen molar-refractivity contribution in [1.29, 1.82) is 0 Å². The van der Waals surface area contributed by atoms with Gasteiger partial charge in [-0.2, -0.15) is 0 Å². The number of carbonyl (C=O) groups is 2. The largest absolute Gasteiger partial charge is 0.493 e. The highest BCUT2D eigenvalue weighted by Crippen LogP contribution is 2.45. The van der Waals surface area contributed by atoms with E-state index in [1.807, 2.05) is 54.6 Å². The number of nitrogens with zero attached hydrogens (tertiary/aromatic N) is 1. The summed E-state index contributed by atoms with van der Waals surface area (Å²) in [4.78, 5) is 29.2. The maximum Gasteiger partial charge on any atom is 0.337 e. The molecule has 0 saturated heterocycles. The van der Waals surface area contributed by atoms with Crippen LogP contribution in [0.5, 0.6) is 11.5 Å². The van der Waals surface area contributed by atoms with Gasteiger partial charge in [-0.05, 0) is 82.8 Å². The summed E-state index contributed by atoms with van der Waals surface area (Å²) in [6.07, 6.45) is 3.53. The lowest BCUT2D eigenvalue weighted by Crippen LogP contribution is -2.28. The van der Waals surface area contributed by atoms with Crippen molar-refractivity contribution in [2.45, 2.75) is 40.2 Å². The van der Waals surface area contributed by atoms with Gasteiger partial charge in [-0.1, -0.05) is 57.2 Å². The Kier molecular flexibility index (Phi) is 8.03. The topological polar surface area (TPSA) is 95.0 Å². The van der Waals surface area contributed by atoms with E-state index in [0.717, 1.165) is 34.4 Å². The summed E-state index contributed by atoms with van der Waals surface area (Å²) in [6.45, 7) is 6.90. The first-order valence-electron chi connectivity index (χ1n) is 13.9. The molecule has 0 radical (unpaired) electrons. The lowest BCUT2D eigenvalue weighted by molar-refractivity contribution is 0.0599. The molecule has 5 rings (SSSR count). The SMILES string of the molecule is COC(=O)c1ccc(COc2ccc(C=C3CC(C(C)(C)C)Cc4c3nc3ccccc3c4C(=O)O)cc2OC)cc1. The molecule has 1 heterocycles. The van der Waals surface area contributed by atoms with E-state index in [2.05, 4.69) is 26.8 Å². The summed E-state index contributed by atoms with van der Waals surface area (Å²) < 4.78 is 16.5. The Balaban J connectivity index is 1.50. The molecule has 0 amide bonds. The molecule has 1 N–H and O–H groups in total. The number of hydrogen-bond acceptors (Lipinski definition) is 6. The fourth-order valence-electron chi connectivity index (χ4n) is 5.49. The highest BCUT2D eigenvalue weighted by atomic mass is 16.5. The summed E-state index contributed by atoms with van der Waals surface area (Å²) in [5.74, 6) is 0.0994. The number of para-hydroxylation sites is 1. The quantitative estimate of drug-likeness (QED) is 0.233. The van der Waals surface area contributed by atoms with Crippen LogP contribution in [-0.2, 0) is 17.8 Å². The van der Waals surface area contributed by atoms with Gasteiger partial charge in [-0.3, -0.25) is 0 Å². The minimum Gasteiger partial charge on any atom is -0.493 e. The molecule has 1 aliphatic carbocycles. The summed E-state index contributed by atoms with van der Waals surface area (Å²) in [5, 5.41) is 11.0. The Bertz CT molecular complexity index is 1680. The number of methoxy groups -OCH3 is 2. The molecule has 0 saturated carbocycles. The van der Waals surface area contributed by atoms with Gasteiger partial charge < -0.3 is 19.3 Å². The van der Waals surface area contributed by atoms with Crippen LogP contribution in [0.15, 0.2) is 66.7 Å². The normalized spacial score (nSPS) is 15.7. The lowest BCUT2D eigenvalue weighted by atomic mass is 9.69. The van der Waals surface area contributed by atoms with Crippen molar-refractivity contribution in [3.63, 3.8) is 0 Å². The number of hydrogen-bond donors (Lipinski definition) is 1. The van der Waals surface area contributed by atoms with Crippen LogP contribution in [-0.4, -0.2) is 36.2 Å². The van der Waals surface area contributed by atoms with Crippen LogP contribution in [0.3, 0.4) is 0 Å². The molecule has 42 heavy (non-hydrogen) atoms. The summed E-state index contributed by atoms with van der Waals surface area (Å²) in [7, 11) is 2.95. The summed E-state index contributed by atoms with van der Waals surface area (Å²) in [6, 6.07) is 20.3. The number of benzene rings is 3. The van der Waals surface area contributed by atoms with Gasteiger partial charge >= 0.3 is 11.9 Å². The van der Waals surface area contributed by atoms with Gasteiger partial charge in [-0.25, -0.2) is 14.6 Å². The van der Waals surface area contributed by atoms with Crippen LogP contribution in [0.25, 0.3) is 22.6 Å². The standard InChI is InChI=1S/C35H35NO6/c1-35(2,3)25-18-24(32-27(19-25)31(33(37)38)26-8-6-7-9-28(26)36-32)16-22-12-15-29(30(17-22)40-4)42-20-21-10-13-23(14-11-21)34(39)41-5/h6-17,25H,18-20H2,1-5H3,(H,37,38). The molecule has 1 aliphatic rings. The monoisotopic (exact) mass is 565 g/mol. The summed E-state index contributed by atoms with van der Waals surface area (Å²) in [5.41, 5.74) is 5.83. The van der Waals surface area contributed by atoms with E-state index in [0.29, 0.717) is 46.6 Å². The average Bonchev–Trinajstić information content (AvgIpc) is 2.98. The first-order valence-corrected chi connectivity index (χ1v) is 13.9. The number of pyridine rings is 1. The third kappa shape index (κ3) is 5.86. The Morgan fingerprint density at radius 2 is 1.71 bits per heavy atom. The molecule has 0 aliphatic heterocycles. The van der Waals surface area contributed by atoms with Crippen LogP contribution in [0.1, 0.15) is 70.3 Å². The minimum absolute atomic E-state index is 0.0252. The highest BCUT2D eigenvalue weighted by molar-refractivity contribution is 6.06. The van der Waals surface area contributed by atoms with Crippen LogP contribution in [0.4, 0.5) is 0 Å². The van der Waals surface area contributed by atoms with Gasteiger partial charge in [0.15, 0.2) is 11.5 Å². The van der Waals surface area contributed by atoms with Gasteiger partial charge in [0.1, 0.15) is 6.61 Å². The molecule has 1 unspecified atom stereocenters. The maximum absolute atomic E-state index is 12.6. The first kappa shape index (κ1) is 28.9. The van der Waals surface area contributed by atoms with Crippen molar-refractivity contribution in [3.8, 4) is 11.5 Å². The number of allylic oxidation sites excluding steroid dienone is 1. The molecular weight excluding hydrogens is 530 g/mol. The van der Waals surface area contributed by atoms with Crippen molar-refractivity contribution in [1.82, 2.24) is 4.98 Å². The molecule has 0 fully saturated rings. The number of ether oxygens (including phenoxy) is 3. The second-order valence-electron chi connectivity index (χ2n) is 11.7. The lowest BCUT2D eigenvalue weighted by Gasteiger charge is -2.36. The predicted molar refractivity (Wildman–Crippen MR) is 163 cm³/mol. The van der Waals surface area contributed by atoms with E-state index in [4.69, 9.17) is 19.2 Å². The fraction of sp³-hybridized carbons (Fsp3) is 0.286. The van der Waals surface area contributed by atoms with Crippen molar-refractivity contribution in [2.75, 3.05) is 14.2 Å². The smallest absolute Gasteiger partial charge is 0.337 e. The molecule has 0 spiro atoms. The van der Waals surface area contributed by atoms with Crippen LogP contribution < -0.4 is 9.47 Å². The zero-order valence-electron chi connectivity index (χ0n) is 24.6. The van der Waals surface area contributed by atoms with E-state index in [9.17, 15) is 14.7 Å². The third-order valence-corrected chi connectivity index (χ3v) is 7.95. The number of carbonyl (C=O) groups excluding carboxylic acids is 1. The molecule has 7 nitrogen and oxygen atoms in total. The molecule has 216 valence electrons. The molecule has 1 aromatic heterocycles. The number of fused-ring (bicyclic) bond motifs is 2. The van der Waals surface area contributed by atoms with Crippen LogP contribution in [0.2, 0.25) is 0 Å². The van der Waals surface area contributed by atoms with E-state index >= 15 is 0 Å². The number of aromatic carboxylic acids is 1. The van der Waals surface area contributed by atoms with E-state index < -0.39 is 5.97 Å². The third-order valence-electron chi connectivity index (χ3n) is 7.95. The number of rotatable bonds is 7. The number of carboxylic acid groups (broad SMARTS) is 1. The Hall–Kier alpha value is -4.65. The fourth-order valence-corrected chi connectivity index (χ4v) is 5.49. The summed E-state index contributed by atoms with van der Waals surface area (Å²) >= 11 is 0. The van der Waals surface area contributed by atoms with E-state index in [1.165, 1.54) is 7.11 Å². The van der Waals surface area contributed by atoms with Crippen molar-refractivity contribution in [2.24, 2.45) is 11.3 Å². The second kappa shape index (κ2) is 11.7. The van der Waals surface area contributed by atoms with Gasteiger partial charge in [0, 0.05) is 5.39 Å². The Labute approximate surface area is 245 Å². The van der Waals surface area contributed by atoms with Gasteiger partial charge in [0.05, 0.1) is 36.6 Å². The predicted octanol–water partition coefficient (Wildman–Crippen LogP) is 7.46. The van der Waals surface area contributed by atoms with E-state index in [1.54, 1.807) is 19.2 Å². The molecule has 0 bridgehead atoms. The first-order chi connectivity index (χ1) is 20.1. The van der Waals surface area contributed by atoms with Gasteiger partial charge in [0.25, 0.3) is 0 Å². The van der Waals surface area contributed by atoms with Crippen LogP contribution >= 0.6 is 0 Å². The molecule has 4 aromatic rings. The number of carboxylic acids is 1. The highest BCUT2D eigenvalue weighted by Gasteiger charge is 2.35. The number of aromatic nitrogens is 1. The van der Waals surface area contributed by atoms with Gasteiger partial charge in [-0.15, -0.1) is 0 Å². The van der Waals surface area contributed by atoms with Crippen molar-refractivity contribution >= 4 is 34.5 Å². The van der Waals surface area contributed by atoms with Crippen LogP contribution in [0, 0.1) is 11.3 Å². The maximum atomic E-state index is 12.6. The minimum atomic E-state index is -0.929. The van der Waals surface area contributed by atoms with Crippen molar-refractivity contribution in [3.05, 3.63) is 100 Å². The Morgan fingerprint density at radius 3 is 2.38 bits per heavy atom. The average molecular weight is 566 g/mol. The number of esters is 1. The zero-order valence-corrected chi connectivity index (χ0v) is 24.6. The van der Waals surface area contributed by atoms with Crippen molar-refractivity contribution < 1.29 is 28.9 Å². The zero-order chi connectivity index (χ0) is 30.0.